The van der Waals surface area contributed by atoms with E-state index in [2.05, 4.69) is 55.4 Å². The number of unbranched alkanes of at least 4 members (excludes halogenated alkanes) is 39. The zero-order chi connectivity index (χ0) is 71.7. The predicted molar refractivity (Wildman–Crippen MR) is 395 cm³/mol. The van der Waals surface area contributed by atoms with Crippen LogP contribution in [0, 0.1) is 23.7 Å². The predicted octanol–water partition coefficient (Wildman–Crippen LogP) is 22.8. The summed E-state index contributed by atoms with van der Waals surface area (Å²) in [5.74, 6) is 0.980. The average Bonchev–Trinajstić information content (AvgIpc) is 1.21. The fraction of sp³-hybridized carbons (Fsp3) is 0.949. The van der Waals surface area contributed by atoms with E-state index in [9.17, 15) is 43.2 Å². The van der Waals surface area contributed by atoms with Crippen molar-refractivity contribution in [1.29, 1.82) is 0 Å². The first-order chi connectivity index (χ1) is 46.7. The van der Waals surface area contributed by atoms with E-state index in [-0.39, 0.29) is 25.7 Å². The van der Waals surface area contributed by atoms with E-state index in [1.807, 2.05) is 0 Å². The first-order valence-corrected chi connectivity index (χ1v) is 43.3. The molecule has 0 aromatic rings. The lowest BCUT2D eigenvalue weighted by atomic mass is 9.99. The maximum absolute atomic E-state index is 13.1. The van der Waals surface area contributed by atoms with Gasteiger partial charge < -0.3 is 33.8 Å². The van der Waals surface area contributed by atoms with Crippen molar-refractivity contribution in [1.82, 2.24) is 0 Å². The van der Waals surface area contributed by atoms with Crippen LogP contribution in [-0.4, -0.2) is 96.7 Å². The Labute approximate surface area is 594 Å². The standard InChI is InChI=1S/C78H152O17P2/c1-9-70(7)56-48-40-31-25-21-17-14-15-19-23-27-34-44-52-60-77(82)94-73(64-88-75(80)58-50-42-33-26-22-18-13-11-12-16-20-24-30-38-46-54-68(3)4)66-92-96(84,85)90-62-72(79)63-91-97(86,87)93-67-74(65-89-76(81)59-51-43-37-36-39-47-55-69(5)6)95-78(83)61-53-45-35-29-28-32-41-49-57-71(8)10-2/h68-74,79H,9-67H2,1-8H3,(H,84,85)(H,86,87)/t70?,71?,72-,73-,74-/m1/s1. The Bertz CT molecular complexity index is 1910. The van der Waals surface area contributed by atoms with Crippen LogP contribution >= 0.6 is 15.6 Å². The van der Waals surface area contributed by atoms with Gasteiger partial charge in [-0.2, -0.15) is 0 Å². The highest BCUT2D eigenvalue weighted by Gasteiger charge is 2.30. The quantitative estimate of drug-likeness (QED) is 0.0222. The molecule has 0 spiro atoms. The third-order valence-electron chi connectivity index (χ3n) is 18.8. The Kier molecular flexibility index (Phi) is 65.9. The van der Waals surface area contributed by atoms with Gasteiger partial charge in [0.15, 0.2) is 12.2 Å². The van der Waals surface area contributed by atoms with Gasteiger partial charge in [0.1, 0.15) is 19.3 Å². The zero-order valence-electron chi connectivity index (χ0n) is 63.7. The molecule has 3 N–H and O–H groups in total. The van der Waals surface area contributed by atoms with Crippen LogP contribution in [0.25, 0.3) is 0 Å². The first kappa shape index (κ1) is 95.1. The summed E-state index contributed by atoms with van der Waals surface area (Å²) in [6.07, 6.45) is 52.8. The van der Waals surface area contributed by atoms with Gasteiger partial charge in [0.25, 0.3) is 0 Å². The summed E-state index contributed by atoms with van der Waals surface area (Å²) in [5.41, 5.74) is 0. The molecular formula is C78H152O17P2. The Balaban J connectivity index is 5.23. The molecule has 17 nitrogen and oxygen atoms in total. The lowest BCUT2D eigenvalue weighted by Crippen LogP contribution is -2.30. The van der Waals surface area contributed by atoms with Gasteiger partial charge in [-0.1, -0.05) is 344 Å². The van der Waals surface area contributed by atoms with Gasteiger partial charge in [-0.05, 0) is 49.4 Å². The Morgan fingerprint density at radius 1 is 0.289 bits per heavy atom. The third kappa shape index (κ3) is 69.5. The van der Waals surface area contributed by atoms with E-state index in [0.717, 1.165) is 114 Å². The lowest BCUT2D eigenvalue weighted by Gasteiger charge is -2.21. The molecule has 0 amide bonds. The highest BCUT2D eigenvalue weighted by Crippen LogP contribution is 2.45. The van der Waals surface area contributed by atoms with E-state index >= 15 is 0 Å². The van der Waals surface area contributed by atoms with Crippen LogP contribution in [-0.2, 0) is 65.4 Å². The molecule has 0 radical (unpaired) electrons. The van der Waals surface area contributed by atoms with Crippen molar-refractivity contribution < 1.29 is 80.2 Å². The molecule has 0 aliphatic heterocycles. The van der Waals surface area contributed by atoms with Gasteiger partial charge in [0.05, 0.1) is 26.4 Å². The SMILES string of the molecule is CCC(C)CCCCCCCCCCCCCCCCC(=O)O[C@H](COC(=O)CCCCCCCCCCCCCCCCCC(C)C)COP(=O)(O)OC[C@@H](O)COP(=O)(O)OC[C@@H](COC(=O)CCCCCCCCC(C)C)OC(=O)CCCCCCCCCCC(C)CC. The molecule has 0 aromatic carbocycles. The summed E-state index contributed by atoms with van der Waals surface area (Å²) in [4.78, 5) is 72.8. The second-order valence-corrected chi connectivity index (χ2v) is 32.4. The maximum atomic E-state index is 13.1. The largest absolute Gasteiger partial charge is 0.472 e. The molecule has 0 aliphatic rings. The molecule has 576 valence electrons. The second kappa shape index (κ2) is 67.2. The van der Waals surface area contributed by atoms with E-state index in [1.165, 1.54) is 193 Å². The normalized spacial score (nSPS) is 14.6. The van der Waals surface area contributed by atoms with Crippen molar-refractivity contribution in [2.45, 2.75) is 414 Å². The van der Waals surface area contributed by atoms with Gasteiger partial charge >= 0.3 is 39.5 Å². The monoisotopic (exact) mass is 1420 g/mol. The van der Waals surface area contributed by atoms with Gasteiger partial charge in [0, 0.05) is 25.7 Å². The molecule has 0 heterocycles. The maximum Gasteiger partial charge on any atom is 0.472 e. The summed E-state index contributed by atoms with van der Waals surface area (Å²) in [6, 6.07) is 0. The van der Waals surface area contributed by atoms with E-state index < -0.39 is 97.5 Å². The van der Waals surface area contributed by atoms with Crippen molar-refractivity contribution >= 4 is 39.5 Å². The minimum atomic E-state index is -4.96. The summed E-state index contributed by atoms with van der Waals surface area (Å²) in [6.45, 7) is 14.2. The van der Waals surface area contributed by atoms with Crippen molar-refractivity contribution in [2.24, 2.45) is 23.7 Å². The third-order valence-corrected chi connectivity index (χ3v) is 20.7. The van der Waals surface area contributed by atoms with Crippen molar-refractivity contribution in [2.75, 3.05) is 39.6 Å². The molecular weight excluding hydrogens is 1270 g/mol. The van der Waals surface area contributed by atoms with Gasteiger partial charge in [-0.25, -0.2) is 9.13 Å². The number of aliphatic hydroxyl groups is 1. The second-order valence-electron chi connectivity index (χ2n) is 29.5. The molecule has 7 atom stereocenters. The minimum absolute atomic E-state index is 0.104. The number of carbonyl (C=O) groups is 4. The zero-order valence-corrected chi connectivity index (χ0v) is 65.5. The van der Waals surface area contributed by atoms with Gasteiger partial charge in [-0.15, -0.1) is 0 Å². The number of esters is 4. The fourth-order valence-electron chi connectivity index (χ4n) is 11.8. The fourth-order valence-corrected chi connectivity index (χ4v) is 13.4. The van der Waals surface area contributed by atoms with Crippen LogP contribution in [0.15, 0.2) is 0 Å². The number of hydrogen-bond acceptors (Lipinski definition) is 15. The molecule has 0 aromatic heterocycles. The molecule has 0 saturated heterocycles. The molecule has 19 heteroatoms. The summed E-state index contributed by atoms with van der Waals surface area (Å²) >= 11 is 0. The highest BCUT2D eigenvalue weighted by atomic mass is 31.2. The van der Waals surface area contributed by atoms with E-state index in [4.69, 9.17) is 37.0 Å². The number of aliphatic hydroxyl groups excluding tert-OH is 1. The summed E-state index contributed by atoms with van der Waals surface area (Å²) < 4.78 is 68.6. The van der Waals surface area contributed by atoms with Crippen LogP contribution in [0.3, 0.4) is 0 Å². The topological polar surface area (TPSA) is 237 Å². The van der Waals surface area contributed by atoms with Crippen LogP contribution in [0.2, 0.25) is 0 Å². The summed E-state index contributed by atoms with van der Waals surface area (Å²) in [7, 11) is -9.92. The minimum Gasteiger partial charge on any atom is -0.462 e. The average molecular weight is 1420 g/mol. The van der Waals surface area contributed by atoms with Crippen molar-refractivity contribution in [3.8, 4) is 0 Å². The highest BCUT2D eigenvalue weighted by molar-refractivity contribution is 7.47. The first-order valence-electron chi connectivity index (χ1n) is 40.3. The van der Waals surface area contributed by atoms with E-state index in [1.54, 1.807) is 0 Å². The molecule has 4 unspecified atom stereocenters. The van der Waals surface area contributed by atoms with Gasteiger partial charge in [0.2, 0.25) is 0 Å². The molecule has 97 heavy (non-hydrogen) atoms. The molecule has 0 aliphatic carbocycles. The number of ether oxygens (including phenoxy) is 4. The van der Waals surface area contributed by atoms with Crippen molar-refractivity contribution in [3.05, 3.63) is 0 Å². The van der Waals surface area contributed by atoms with Crippen LogP contribution in [0.5, 0.6) is 0 Å². The summed E-state index contributed by atoms with van der Waals surface area (Å²) in [5, 5.41) is 10.6. The van der Waals surface area contributed by atoms with Crippen LogP contribution in [0.1, 0.15) is 396 Å². The van der Waals surface area contributed by atoms with Gasteiger partial charge in [-0.3, -0.25) is 37.3 Å². The number of rotatable bonds is 75. The van der Waals surface area contributed by atoms with E-state index in [0.29, 0.717) is 31.6 Å². The number of hydrogen-bond donors (Lipinski definition) is 3. The number of phosphoric acid groups is 2. The Hall–Kier alpha value is -1.94. The lowest BCUT2D eigenvalue weighted by molar-refractivity contribution is -0.161. The Morgan fingerprint density at radius 2 is 0.495 bits per heavy atom. The molecule has 0 rings (SSSR count). The smallest absolute Gasteiger partial charge is 0.462 e. The molecule has 0 fully saturated rings. The molecule has 0 saturated carbocycles. The Morgan fingerprint density at radius 3 is 0.732 bits per heavy atom. The van der Waals surface area contributed by atoms with Crippen LogP contribution < -0.4 is 0 Å². The van der Waals surface area contributed by atoms with Crippen LogP contribution in [0.4, 0.5) is 0 Å². The molecule has 0 bridgehead atoms. The van der Waals surface area contributed by atoms with Crippen molar-refractivity contribution in [3.63, 3.8) is 0 Å². The number of carbonyl (C=O) groups excluding carboxylic acids is 4. The number of phosphoric ester groups is 2.